The molecule has 2 aromatic rings. The van der Waals surface area contributed by atoms with E-state index in [0.717, 1.165) is 6.07 Å². The number of aliphatic imine (C=N–C) groups is 1. The first-order chi connectivity index (χ1) is 15.2. The number of hydrogen-bond donors (Lipinski definition) is 2. The van der Waals surface area contributed by atoms with E-state index in [-0.39, 0.29) is 29.4 Å². The number of ether oxygens (including phenoxy) is 1. The SMILES string of the molecule is CC[C@]1(c2cc(NC(=O)c3ccc(C#N)cn3)ccc2F)N=C(N)O[C@@H]2CC(F)(F)C[C@@H]21. The van der Waals surface area contributed by atoms with E-state index in [0.29, 0.717) is 5.56 Å². The van der Waals surface area contributed by atoms with Crippen LogP contribution in [-0.2, 0) is 10.3 Å². The fourth-order valence-corrected chi connectivity index (χ4v) is 4.55. The van der Waals surface area contributed by atoms with Crippen LogP contribution in [0.3, 0.4) is 0 Å². The lowest BCUT2D eigenvalue weighted by molar-refractivity contribution is -0.00288. The van der Waals surface area contributed by atoms with Crippen molar-refractivity contribution in [1.82, 2.24) is 4.98 Å². The third-order valence-electron chi connectivity index (χ3n) is 6.02. The van der Waals surface area contributed by atoms with Crippen LogP contribution in [-0.4, -0.2) is 28.9 Å². The number of hydrogen-bond acceptors (Lipinski definition) is 6. The Labute approximate surface area is 182 Å². The van der Waals surface area contributed by atoms with Crippen LogP contribution in [0.4, 0.5) is 18.9 Å². The number of nitriles is 1. The van der Waals surface area contributed by atoms with E-state index in [1.165, 1.54) is 30.5 Å². The first-order valence-corrected chi connectivity index (χ1v) is 10.0. The number of carbonyl (C=O) groups excluding carboxylic acids is 1. The van der Waals surface area contributed by atoms with Crippen molar-refractivity contribution in [2.24, 2.45) is 16.6 Å². The zero-order valence-corrected chi connectivity index (χ0v) is 17.1. The van der Waals surface area contributed by atoms with E-state index in [2.05, 4.69) is 15.3 Å². The molecule has 4 rings (SSSR count). The molecule has 32 heavy (non-hydrogen) atoms. The van der Waals surface area contributed by atoms with Crippen LogP contribution in [0.1, 0.15) is 47.8 Å². The summed E-state index contributed by atoms with van der Waals surface area (Å²) in [5, 5.41) is 11.5. The number of nitrogens with two attached hydrogens (primary N) is 1. The number of fused-ring (bicyclic) bond motifs is 1. The molecule has 7 nitrogen and oxygen atoms in total. The molecular formula is C22H20F3N5O2. The molecule has 166 valence electrons. The molecule has 0 bridgehead atoms. The van der Waals surface area contributed by atoms with Crippen molar-refractivity contribution >= 4 is 17.6 Å². The highest BCUT2D eigenvalue weighted by molar-refractivity contribution is 6.02. The van der Waals surface area contributed by atoms with E-state index < -0.39 is 48.0 Å². The number of amides is 1. The fourth-order valence-electron chi connectivity index (χ4n) is 4.55. The molecule has 2 aliphatic rings. The summed E-state index contributed by atoms with van der Waals surface area (Å²) in [4.78, 5) is 20.8. The van der Waals surface area contributed by atoms with E-state index in [4.69, 9.17) is 15.7 Å². The van der Waals surface area contributed by atoms with Gasteiger partial charge in [0.2, 0.25) is 0 Å². The van der Waals surface area contributed by atoms with Crippen LogP contribution >= 0.6 is 0 Å². The molecule has 3 atom stereocenters. The topological polar surface area (TPSA) is 113 Å². The number of halogens is 3. The maximum absolute atomic E-state index is 15.0. The molecule has 3 N–H and O–H groups in total. The Morgan fingerprint density at radius 3 is 2.78 bits per heavy atom. The number of amidine groups is 1. The number of pyridine rings is 1. The normalized spacial score (nSPS) is 25.8. The number of nitrogens with one attached hydrogen (secondary N) is 1. The van der Waals surface area contributed by atoms with Crippen LogP contribution in [0, 0.1) is 23.1 Å². The summed E-state index contributed by atoms with van der Waals surface area (Å²) >= 11 is 0. The monoisotopic (exact) mass is 443 g/mol. The second-order valence-corrected chi connectivity index (χ2v) is 7.95. The second kappa shape index (κ2) is 7.82. The highest BCUT2D eigenvalue weighted by Gasteiger charge is 2.59. The minimum Gasteiger partial charge on any atom is -0.461 e. The average molecular weight is 443 g/mol. The Morgan fingerprint density at radius 1 is 1.34 bits per heavy atom. The standard InChI is InChI=1S/C22H20F3N5O2/c1-2-22(15-8-21(24,25)9-18(15)32-20(27)30-22)14-7-13(4-5-16(14)23)29-19(31)17-6-3-12(10-26)11-28-17/h3-7,11,15,18H,2,8-9H2,1H3,(H2,27,30)(H,29,31)/t15-,18+,22+/m0/s1. The van der Waals surface area contributed by atoms with Gasteiger partial charge in [0.1, 0.15) is 29.2 Å². The zero-order valence-electron chi connectivity index (χ0n) is 17.1. The van der Waals surface area contributed by atoms with Crippen LogP contribution in [0.2, 0.25) is 0 Å². The van der Waals surface area contributed by atoms with Crippen molar-refractivity contribution < 1.29 is 22.7 Å². The molecule has 1 aliphatic heterocycles. The summed E-state index contributed by atoms with van der Waals surface area (Å²) in [6.07, 6.45) is -0.439. The minimum absolute atomic E-state index is 0.0592. The van der Waals surface area contributed by atoms with Gasteiger partial charge in [-0.1, -0.05) is 6.92 Å². The Morgan fingerprint density at radius 2 is 2.12 bits per heavy atom. The van der Waals surface area contributed by atoms with Crippen molar-refractivity contribution in [2.45, 2.75) is 43.8 Å². The Kier molecular flexibility index (Phi) is 5.28. The third-order valence-corrected chi connectivity index (χ3v) is 6.02. The van der Waals surface area contributed by atoms with Gasteiger partial charge in [0.15, 0.2) is 0 Å². The lowest BCUT2D eigenvalue weighted by atomic mass is 9.73. The van der Waals surface area contributed by atoms with Gasteiger partial charge in [-0.15, -0.1) is 0 Å². The van der Waals surface area contributed by atoms with Crippen LogP contribution in [0.25, 0.3) is 0 Å². The maximum atomic E-state index is 15.0. The molecule has 0 spiro atoms. The quantitative estimate of drug-likeness (QED) is 0.748. The van der Waals surface area contributed by atoms with Gasteiger partial charge < -0.3 is 15.8 Å². The van der Waals surface area contributed by atoms with Gasteiger partial charge in [-0.25, -0.2) is 23.1 Å². The lowest BCUT2D eigenvalue weighted by Gasteiger charge is -2.41. The zero-order chi connectivity index (χ0) is 23.1. The highest BCUT2D eigenvalue weighted by atomic mass is 19.3. The van der Waals surface area contributed by atoms with Gasteiger partial charge in [-0.05, 0) is 36.8 Å². The third kappa shape index (κ3) is 3.75. The van der Waals surface area contributed by atoms with Crippen molar-refractivity contribution in [3.63, 3.8) is 0 Å². The van der Waals surface area contributed by atoms with Crippen LogP contribution in [0.15, 0.2) is 41.5 Å². The molecule has 0 saturated heterocycles. The van der Waals surface area contributed by atoms with Crippen molar-refractivity contribution in [3.8, 4) is 6.07 Å². The largest absolute Gasteiger partial charge is 0.461 e. The molecule has 2 heterocycles. The summed E-state index contributed by atoms with van der Waals surface area (Å²) in [5.74, 6) is -4.97. The number of anilines is 1. The smallest absolute Gasteiger partial charge is 0.283 e. The molecule has 1 saturated carbocycles. The number of aromatic nitrogens is 1. The molecule has 1 aliphatic carbocycles. The van der Waals surface area contributed by atoms with Gasteiger partial charge in [0.25, 0.3) is 17.9 Å². The van der Waals surface area contributed by atoms with Crippen LogP contribution in [0.5, 0.6) is 0 Å². The number of alkyl halides is 2. The summed E-state index contributed by atoms with van der Waals surface area (Å²) in [6, 6.07) is 8.38. The van der Waals surface area contributed by atoms with Gasteiger partial charge in [-0.2, -0.15) is 5.26 Å². The van der Waals surface area contributed by atoms with E-state index in [1.807, 2.05) is 6.07 Å². The molecule has 1 fully saturated rings. The lowest BCUT2D eigenvalue weighted by Crippen LogP contribution is -2.47. The summed E-state index contributed by atoms with van der Waals surface area (Å²) in [7, 11) is 0. The average Bonchev–Trinajstić information content (AvgIpc) is 3.08. The molecule has 1 amide bonds. The van der Waals surface area contributed by atoms with E-state index in [9.17, 15) is 13.6 Å². The molecule has 0 unspecified atom stereocenters. The maximum Gasteiger partial charge on any atom is 0.283 e. The first-order valence-electron chi connectivity index (χ1n) is 10.0. The summed E-state index contributed by atoms with van der Waals surface area (Å²) < 4.78 is 48.8. The van der Waals surface area contributed by atoms with Gasteiger partial charge in [0, 0.05) is 36.2 Å². The Hall–Kier alpha value is -3.61. The predicted molar refractivity (Wildman–Crippen MR) is 109 cm³/mol. The van der Waals surface area contributed by atoms with Gasteiger partial charge in [0.05, 0.1) is 5.56 Å². The Balaban J connectivity index is 1.70. The van der Waals surface area contributed by atoms with Crippen molar-refractivity contribution in [3.05, 3.63) is 59.2 Å². The van der Waals surface area contributed by atoms with Gasteiger partial charge in [-0.3, -0.25) is 4.79 Å². The number of nitrogens with zero attached hydrogens (tertiary/aromatic N) is 3. The molecule has 1 aromatic heterocycles. The Bertz CT molecular complexity index is 1130. The van der Waals surface area contributed by atoms with Crippen molar-refractivity contribution in [2.75, 3.05) is 5.32 Å². The van der Waals surface area contributed by atoms with Crippen LogP contribution < -0.4 is 11.1 Å². The first kappa shape index (κ1) is 21.6. The second-order valence-electron chi connectivity index (χ2n) is 7.95. The number of benzene rings is 1. The summed E-state index contributed by atoms with van der Waals surface area (Å²) in [6.45, 7) is 1.72. The highest BCUT2D eigenvalue weighted by Crippen LogP contribution is 2.54. The van der Waals surface area contributed by atoms with E-state index in [1.54, 1.807) is 6.92 Å². The summed E-state index contributed by atoms with van der Waals surface area (Å²) in [5.41, 5.74) is 5.10. The number of carbonyl (C=O) groups is 1. The van der Waals surface area contributed by atoms with Crippen molar-refractivity contribution in [1.29, 1.82) is 5.26 Å². The molecule has 0 radical (unpaired) electrons. The molecular weight excluding hydrogens is 423 g/mol. The molecule has 1 aromatic carbocycles. The predicted octanol–water partition coefficient (Wildman–Crippen LogP) is 3.71. The fraction of sp³-hybridized carbons (Fsp3) is 0.364. The van der Waals surface area contributed by atoms with E-state index >= 15 is 4.39 Å². The molecule has 10 heteroatoms. The van der Waals surface area contributed by atoms with Gasteiger partial charge >= 0.3 is 0 Å². The number of rotatable bonds is 4. The minimum atomic E-state index is -2.97.